The second kappa shape index (κ2) is 4.58. The maximum atomic E-state index is 12.2. The Morgan fingerprint density at radius 2 is 2.17 bits per heavy atom. The van der Waals surface area contributed by atoms with E-state index in [0.717, 1.165) is 23.6 Å². The number of rotatable bonds is 2. The first-order valence-electron chi connectivity index (χ1n) is 6.70. The number of amides is 1. The van der Waals surface area contributed by atoms with Gasteiger partial charge in [-0.25, -0.2) is 0 Å². The van der Waals surface area contributed by atoms with Crippen molar-refractivity contribution in [1.29, 1.82) is 0 Å². The summed E-state index contributed by atoms with van der Waals surface area (Å²) < 4.78 is 0. The van der Waals surface area contributed by atoms with Crippen LogP contribution in [0.25, 0.3) is 0 Å². The Morgan fingerprint density at radius 3 is 2.78 bits per heavy atom. The van der Waals surface area contributed by atoms with E-state index in [9.17, 15) is 4.79 Å². The van der Waals surface area contributed by atoms with E-state index in [1.54, 1.807) is 0 Å². The molecule has 0 saturated heterocycles. The van der Waals surface area contributed by atoms with Gasteiger partial charge in [-0.1, -0.05) is 24.1 Å². The lowest BCUT2D eigenvalue weighted by Crippen LogP contribution is -2.27. The standard InChI is InChI=1S/C15H18ClNO/c1-9-2-5-12(8-14(9)16)17-15(18)13-7-10-3-4-11(13)6-10/h2,5,8,10-11,13H,3-4,6-7H2,1H3,(H,17,18)/t10-,11-,13+/m1/s1. The van der Waals surface area contributed by atoms with Crippen molar-refractivity contribution >= 4 is 23.2 Å². The van der Waals surface area contributed by atoms with E-state index in [-0.39, 0.29) is 11.8 Å². The van der Waals surface area contributed by atoms with Crippen molar-refractivity contribution in [1.82, 2.24) is 0 Å². The molecule has 0 unspecified atom stereocenters. The highest BCUT2D eigenvalue weighted by Gasteiger charge is 2.42. The normalized spacial score (nSPS) is 29.6. The molecule has 2 saturated carbocycles. The summed E-state index contributed by atoms with van der Waals surface area (Å²) in [5.74, 6) is 1.83. The van der Waals surface area contributed by atoms with Crippen molar-refractivity contribution in [2.45, 2.75) is 32.6 Å². The SMILES string of the molecule is Cc1ccc(NC(=O)[C@H]2C[C@@H]3CC[C@@H]2C3)cc1Cl. The monoisotopic (exact) mass is 263 g/mol. The molecule has 96 valence electrons. The zero-order valence-corrected chi connectivity index (χ0v) is 11.3. The van der Waals surface area contributed by atoms with Crippen LogP contribution >= 0.6 is 11.6 Å². The Labute approximate surface area is 113 Å². The molecule has 3 rings (SSSR count). The molecule has 1 aromatic carbocycles. The van der Waals surface area contributed by atoms with Gasteiger partial charge in [0.1, 0.15) is 0 Å². The van der Waals surface area contributed by atoms with Crippen LogP contribution < -0.4 is 5.32 Å². The summed E-state index contributed by atoms with van der Waals surface area (Å²) in [7, 11) is 0. The molecule has 0 heterocycles. The number of halogens is 1. The van der Waals surface area contributed by atoms with Crippen molar-refractivity contribution in [2.75, 3.05) is 5.32 Å². The zero-order valence-electron chi connectivity index (χ0n) is 10.6. The average Bonchev–Trinajstić information content (AvgIpc) is 2.96. The van der Waals surface area contributed by atoms with Crippen LogP contribution in [0.5, 0.6) is 0 Å². The summed E-state index contributed by atoms with van der Waals surface area (Å²) in [4.78, 5) is 12.2. The molecule has 3 atom stereocenters. The zero-order chi connectivity index (χ0) is 12.7. The molecule has 1 N–H and O–H groups in total. The number of carbonyl (C=O) groups excluding carboxylic acids is 1. The number of carbonyl (C=O) groups is 1. The molecule has 0 spiro atoms. The summed E-state index contributed by atoms with van der Waals surface area (Å²) in [6, 6.07) is 5.70. The van der Waals surface area contributed by atoms with E-state index in [1.807, 2.05) is 25.1 Å². The Morgan fingerprint density at radius 1 is 1.33 bits per heavy atom. The highest BCUT2D eigenvalue weighted by atomic mass is 35.5. The first kappa shape index (κ1) is 12.0. The van der Waals surface area contributed by atoms with Crippen molar-refractivity contribution in [3.63, 3.8) is 0 Å². The molecular weight excluding hydrogens is 246 g/mol. The molecule has 0 radical (unpaired) electrons. The molecular formula is C15H18ClNO. The summed E-state index contributed by atoms with van der Waals surface area (Å²) in [6.07, 6.45) is 4.89. The predicted octanol–water partition coefficient (Wildman–Crippen LogP) is 4.02. The number of aryl methyl sites for hydroxylation is 1. The first-order valence-corrected chi connectivity index (χ1v) is 7.08. The fourth-order valence-corrected chi connectivity index (χ4v) is 3.65. The quantitative estimate of drug-likeness (QED) is 0.858. The van der Waals surface area contributed by atoms with Crippen molar-refractivity contribution in [3.05, 3.63) is 28.8 Å². The third-order valence-electron chi connectivity index (χ3n) is 4.51. The van der Waals surface area contributed by atoms with Gasteiger partial charge in [0.25, 0.3) is 0 Å². The van der Waals surface area contributed by atoms with Gasteiger partial charge in [0.05, 0.1) is 0 Å². The van der Waals surface area contributed by atoms with Crippen LogP contribution in [-0.2, 0) is 4.79 Å². The van der Waals surface area contributed by atoms with E-state index in [2.05, 4.69) is 5.32 Å². The summed E-state index contributed by atoms with van der Waals surface area (Å²) in [5.41, 5.74) is 1.85. The van der Waals surface area contributed by atoms with Gasteiger partial charge < -0.3 is 5.32 Å². The molecule has 3 heteroatoms. The first-order chi connectivity index (χ1) is 8.63. The van der Waals surface area contributed by atoms with Gasteiger partial charge in [-0.15, -0.1) is 0 Å². The second-order valence-electron chi connectivity index (χ2n) is 5.73. The van der Waals surface area contributed by atoms with Crippen molar-refractivity contribution in [3.8, 4) is 0 Å². The van der Waals surface area contributed by atoms with Crippen LogP contribution in [0.4, 0.5) is 5.69 Å². The molecule has 18 heavy (non-hydrogen) atoms. The lowest BCUT2D eigenvalue weighted by molar-refractivity contribution is -0.121. The van der Waals surface area contributed by atoms with Crippen molar-refractivity contribution in [2.24, 2.45) is 17.8 Å². The molecule has 0 aromatic heterocycles. The van der Waals surface area contributed by atoms with Gasteiger partial charge in [0.15, 0.2) is 0 Å². The third kappa shape index (κ3) is 2.14. The molecule has 2 aliphatic carbocycles. The molecule has 2 aliphatic rings. The van der Waals surface area contributed by atoms with Crippen LogP contribution in [0.2, 0.25) is 5.02 Å². The fraction of sp³-hybridized carbons (Fsp3) is 0.533. The summed E-state index contributed by atoms with van der Waals surface area (Å²) >= 11 is 6.07. The van der Waals surface area contributed by atoms with Gasteiger partial charge in [0, 0.05) is 16.6 Å². The average molecular weight is 264 g/mol. The van der Waals surface area contributed by atoms with Crippen LogP contribution in [0.15, 0.2) is 18.2 Å². The van der Waals surface area contributed by atoms with Crippen LogP contribution in [0, 0.1) is 24.7 Å². The van der Waals surface area contributed by atoms with E-state index in [4.69, 9.17) is 11.6 Å². The van der Waals surface area contributed by atoms with Crippen LogP contribution in [0.3, 0.4) is 0 Å². The lowest BCUT2D eigenvalue weighted by atomic mass is 9.88. The number of hydrogen-bond acceptors (Lipinski definition) is 1. The number of fused-ring (bicyclic) bond motifs is 2. The van der Waals surface area contributed by atoms with Gasteiger partial charge in [-0.2, -0.15) is 0 Å². The highest BCUT2D eigenvalue weighted by molar-refractivity contribution is 6.31. The number of hydrogen-bond donors (Lipinski definition) is 1. The number of benzene rings is 1. The third-order valence-corrected chi connectivity index (χ3v) is 4.92. The molecule has 2 fully saturated rings. The maximum absolute atomic E-state index is 12.2. The fourth-order valence-electron chi connectivity index (χ4n) is 3.47. The van der Waals surface area contributed by atoms with Gasteiger partial charge in [0.2, 0.25) is 5.91 Å². The van der Waals surface area contributed by atoms with E-state index < -0.39 is 0 Å². The molecule has 2 nitrogen and oxygen atoms in total. The summed E-state index contributed by atoms with van der Waals surface area (Å²) in [5, 5.41) is 3.72. The van der Waals surface area contributed by atoms with Gasteiger partial charge >= 0.3 is 0 Å². The van der Waals surface area contributed by atoms with Crippen molar-refractivity contribution < 1.29 is 4.79 Å². The largest absolute Gasteiger partial charge is 0.326 e. The molecule has 1 aromatic rings. The topological polar surface area (TPSA) is 29.1 Å². The van der Waals surface area contributed by atoms with Gasteiger partial charge in [-0.3, -0.25) is 4.79 Å². The minimum Gasteiger partial charge on any atom is -0.326 e. The Hall–Kier alpha value is -1.02. The van der Waals surface area contributed by atoms with E-state index in [0.29, 0.717) is 10.9 Å². The van der Waals surface area contributed by atoms with Crippen LogP contribution in [-0.4, -0.2) is 5.91 Å². The highest BCUT2D eigenvalue weighted by Crippen LogP contribution is 2.48. The number of anilines is 1. The van der Waals surface area contributed by atoms with E-state index >= 15 is 0 Å². The van der Waals surface area contributed by atoms with E-state index in [1.165, 1.54) is 19.3 Å². The molecule has 0 aliphatic heterocycles. The molecule has 1 amide bonds. The Kier molecular flexibility index (Phi) is 3.06. The van der Waals surface area contributed by atoms with Gasteiger partial charge in [-0.05, 0) is 55.7 Å². The Balaban J connectivity index is 1.69. The van der Waals surface area contributed by atoms with Crippen LogP contribution in [0.1, 0.15) is 31.2 Å². The minimum absolute atomic E-state index is 0.183. The number of nitrogens with one attached hydrogen (secondary N) is 1. The smallest absolute Gasteiger partial charge is 0.227 e. The minimum atomic E-state index is 0.183. The lowest BCUT2D eigenvalue weighted by Gasteiger charge is -2.20. The Bertz CT molecular complexity index is 485. The second-order valence-corrected chi connectivity index (χ2v) is 6.14. The molecule has 2 bridgehead atoms. The summed E-state index contributed by atoms with van der Waals surface area (Å²) in [6.45, 7) is 1.96. The maximum Gasteiger partial charge on any atom is 0.227 e. The predicted molar refractivity (Wildman–Crippen MR) is 73.8 cm³/mol.